The Morgan fingerprint density at radius 3 is 2.65 bits per heavy atom. The van der Waals surface area contributed by atoms with Crippen LogP contribution in [0.3, 0.4) is 0 Å². The third-order valence-electron chi connectivity index (χ3n) is 3.20. The van der Waals surface area contributed by atoms with Crippen molar-refractivity contribution in [3.63, 3.8) is 0 Å². The van der Waals surface area contributed by atoms with Gasteiger partial charge in [-0.2, -0.15) is 0 Å². The highest BCUT2D eigenvalue weighted by atomic mass is 16.5. The third-order valence-corrected chi connectivity index (χ3v) is 3.20. The maximum Gasteiger partial charge on any atom is 0.302 e. The monoisotopic (exact) mass is 274 g/mol. The van der Waals surface area contributed by atoms with Crippen LogP contribution in [0.1, 0.15) is 41.0 Å². The van der Waals surface area contributed by atoms with E-state index in [1.165, 1.54) is 6.92 Å². The predicted octanol–water partition coefficient (Wildman–Crippen LogP) is 3.52. The molecule has 1 aliphatic rings. The minimum Gasteiger partial charge on any atom is -0.462 e. The smallest absolute Gasteiger partial charge is 0.302 e. The van der Waals surface area contributed by atoms with Crippen LogP contribution in [0.15, 0.2) is 40.7 Å². The fourth-order valence-electron chi connectivity index (χ4n) is 2.27. The Hall–Kier alpha value is -1.86. The summed E-state index contributed by atoms with van der Waals surface area (Å²) in [5, 5.41) is 0. The Bertz CT molecular complexity index is 539. The normalized spacial score (nSPS) is 18.2. The summed E-state index contributed by atoms with van der Waals surface area (Å²) < 4.78 is 4.85. The second-order valence-electron chi connectivity index (χ2n) is 5.77. The van der Waals surface area contributed by atoms with Crippen LogP contribution in [0.5, 0.6) is 0 Å². The van der Waals surface area contributed by atoms with Crippen LogP contribution in [-0.2, 0) is 14.3 Å². The molecule has 108 valence electrons. The molecule has 0 spiro atoms. The van der Waals surface area contributed by atoms with Crippen molar-refractivity contribution in [2.45, 2.75) is 41.0 Å². The number of hydrogen-bond acceptors (Lipinski definition) is 3. The van der Waals surface area contributed by atoms with Gasteiger partial charge in [0, 0.05) is 24.3 Å². The van der Waals surface area contributed by atoms with Gasteiger partial charge in [0.25, 0.3) is 0 Å². The predicted molar refractivity (Wildman–Crippen MR) is 79.1 cm³/mol. The van der Waals surface area contributed by atoms with Crippen LogP contribution in [0.25, 0.3) is 0 Å². The quantitative estimate of drug-likeness (QED) is 0.449. The zero-order chi connectivity index (χ0) is 15.3. The van der Waals surface area contributed by atoms with Crippen LogP contribution in [0.2, 0.25) is 0 Å². The number of rotatable bonds is 3. The van der Waals surface area contributed by atoms with Crippen LogP contribution >= 0.6 is 0 Å². The van der Waals surface area contributed by atoms with Gasteiger partial charge in [-0.3, -0.25) is 9.59 Å². The lowest BCUT2D eigenvalue weighted by Crippen LogP contribution is -2.23. The van der Waals surface area contributed by atoms with E-state index in [1.807, 2.05) is 26.0 Å². The standard InChI is InChI=1S/C17H22O3/c1-12(8-9-20-14(3)18)6-7-16-13(2)10-15(19)11-17(16,4)5/h6,8,10H,9,11H2,1-5H3/b12-8-. The maximum absolute atomic E-state index is 11.6. The number of carbonyl (C=O) groups excluding carboxylic acids is 2. The molecular formula is C17H22O3. The molecule has 0 atom stereocenters. The Morgan fingerprint density at radius 2 is 2.10 bits per heavy atom. The highest BCUT2D eigenvalue weighted by Crippen LogP contribution is 2.38. The third kappa shape index (κ3) is 4.67. The minimum atomic E-state index is -0.290. The van der Waals surface area contributed by atoms with Gasteiger partial charge < -0.3 is 4.74 Å². The Labute approximate surface area is 120 Å². The fourth-order valence-corrected chi connectivity index (χ4v) is 2.27. The maximum atomic E-state index is 11.6. The second kappa shape index (κ2) is 6.53. The molecule has 0 radical (unpaired) electrons. The van der Waals surface area contributed by atoms with E-state index >= 15 is 0 Å². The second-order valence-corrected chi connectivity index (χ2v) is 5.77. The van der Waals surface area contributed by atoms with Gasteiger partial charge in [-0.1, -0.05) is 13.8 Å². The van der Waals surface area contributed by atoms with Gasteiger partial charge in [-0.15, -0.1) is 5.73 Å². The van der Waals surface area contributed by atoms with Crippen molar-refractivity contribution in [2.75, 3.05) is 6.61 Å². The van der Waals surface area contributed by atoms with Gasteiger partial charge in [0.1, 0.15) is 6.61 Å². The summed E-state index contributed by atoms with van der Waals surface area (Å²) >= 11 is 0. The molecule has 1 aliphatic carbocycles. The van der Waals surface area contributed by atoms with Gasteiger partial charge in [0.05, 0.1) is 0 Å². The van der Waals surface area contributed by atoms with Crippen LogP contribution in [0.4, 0.5) is 0 Å². The topological polar surface area (TPSA) is 43.4 Å². The lowest BCUT2D eigenvalue weighted by atomic mass is 9.73. The van der Waals surface area contributed by atoms with Crippen molar-refractivity contribution in [3.8, 4) is 0 Å². The van der Waals surface area contributed by atoms with E-state index in [0.717, 1.165) is 16.7 Å². The number of hydrogen-bond donors (Lipinski definition) is 0. The summed E-state index contributed by atoms with van der Waals surface area (Å²) in [5.41, 5.74) is 6.08. The van der Waals surface area contributed by atoms with Crippen LogP contribution in [0, 0.1) is 5.41 Å². The lowest BCUT2D eigenvalue weighted by molar-refractivity contribution is -0.139. The molecule has 0 bridgehead atoms. The molecule has 0 aliphatic heterocycles. The molecule has 0 aromatic carbocycles. The number of ketones is 1. The van der Waals surface area contributed by atoms with Crippen LogP contribution in [-0.4, -0.2) is 18.4 Å². The fraction of sp³-hybridized carbons (Fsp3) is 0.471. The number of carbonyl (C=O) groups is 2. The lowest BCUT2D eigenvalue weighted by Gasteiger charge is -2.29. The zero-order valence-corrected chi connectivity index (χ0v) is 12.9. The summed E-state index contributed by atoms with van der Waals surface area (Å²) in [6.07, 6.45) is 5.89. The highest BCUT2D eigenvalue weighted by Gasteiger charge is 2.30. The average molecular weight is 274 g/mol. The van der Waals surface area contributed by atoms with Gasteiger partial charge in [0.15, 0.2) is 5.78 Å². The summed E-state index contributed by atoms with van der Waals surface area (Å²) in [4.78, 5) is 22.3. The molecule has 3 heteroatoms. The van der Waals surface area contributed by atoms with E-state index in [4.69, 9.17) is 4.74 Å². The SMILES string of the molecule is CC(=O)OC/C=C(/C)C=C=C1C(C)=CC(=O)CC1(C)C. The molecule has 1 rings (SSSR count). The molecule has 0 saturated heterocycles. The van der Waals surface area contributed by atoms with E-state index in [-0.39, 0.29) is 23.8 Å². The summed E-state index contributed by atoms with van der Waals surface area (Å²) in [7, 11) is 0. The van der Waals surface area contributed by atoms with Crippen molar-refractivity contribution in [2.24, 2.45) is 5.41 Å². The van der Waals surface area contributed by atoms with E-state index in [1.54, 1.807) is 6.08 Å². The zero-order valence-electron chi connectivity index (χ0n) is 12.9. The molecule has 0 saturated carbocycles. The van der Waals surface area contributed by atoms with Crippen molar-refractivity contribution in [3.05, 3.63) is 40.7 Å². The van der Waals surface area contributed by atoms with Gasteiger partial charge in [-0.05, 0) is 43.2 Å². The minimum absolute atomic E-state index is 0.167. The van der Waals surface area contributed by atoms with E-state index in [2.05, 4.69) is 19.6 Å². The molecular weight excluding hydrogens is 252 g/mol. The highest BCUT2D eigenvalue weighted by molar-refractivity contribution is 5.93. The molecule has 0 heterocycles. The van der Waals surface area contributed by atoms with Crippen molar-refractivity contribution in [1.82, 2.24) is 0 Å². The summed E-state index contributed by atoms with van der Waals surface area (Å²) in [6.45, 7) is 9.62. The molecule has 0 unspecified atom stereocenters. The average Bonchev–Trinajstić information content (AvgIpc) is 2.25. The van der Waals surface area contributed by atoms with Crippen molar-refractivity contribution < 1.29 is 14.3 Å². The molecule has 0 amide bonds. The Kier molecular flexibility index (Phi) is 5.29. The molecule has 0 aromatic heterocycles. The summed E-state index contributed by atoms with van der Waals surface area (Å²) in [5.74, 6) is -0.123. The molecule has 20 heavy (non-hydrogen) atoms. The van der Waals surface area contributed by atoms with Crippen molar-refractivity contribution >= 4 is 11.8 Å². The van der Waals surface area contributed by atoms with Crippen LogP contribution < -0.4 is 0 Å². The molecule has 0 N–H and O–H groups in total. The first kappa shape index (κ1) is 16.2. The van der Waals surface area contributed by atoms with Gasteiger partial charge in [-0.25, -0.2) is 0 Å². The summed E-state index contributed by atoms with van der Waals surface area (Å²) in [6, 6.07) is 0. The van der Waals surface area contributed by atoms with E-state index in [0.29, 0.717) is 6.42 Å². The first-order chi connectivity index (χ1) is 9.22. The number of esters is 1. The first-order valence-corrected chi connectivity index (χ1v) is 6.71. The van der Waals surface area contributed by atoms with E-state index < -0.39 is 0 Å². The number of allylic oxidation sites excluding steroid dienone is 4. The molecule has 3 nitrogen and oxygen atoms in total. The first-order valence-electron chi connectivity index (χ1n) is 6.71. The van der Waals surface area contributed by atoms with Gasteiger partial charge in [0.2, 0.25) is 0 Å². The number of ether oxygens (including phenoxy) is 1. The van der Waals surface area contributed by atoms with Crippen molar-refractivity contribution in [1.29, 1.82) is 0 Å². The van der Waals surface area contributed by atoms with E-state index in [9.17, 15) is 9.59 Å². The molecule has 0 aromatic rings. The largest absolute Gasteiger partial charge is 0.462 e. The Balaban J connectivity index is 2.96. The Morgan fingerprint density at radius 1 is 1.45 bits per heavy atom. The molecule has 0 fully saturated rings. The van der Waals surface area contributed by atoms with Gasteiger partial charge >= 0.3 is 5.97 Å².